The first kappa shape index (κ1) is 19.0. The number of ether oxygens (including phenoxy) is 1. The summed E-state index contributed by atoms with van der Waals surface area (Å²) in [6, 6.07) is 8.60. The van der Waals surface area contributed by atoms with Crippen LogP contribution in [-0.4, -0.2) is 12.0 Å². The van der Waals surface area contributed by atoms with Crippen molar-refractivity contribution in [2.24, 2.45) is 5.92 Å². The normalized spacial score (nSPS) is 14.0. The lowest BCUT2D eigenvalue weighted by Gasteiger charge is -2.21. The predicted octanol–water partition coefficient (Wildman–Crippen LogP) is 5.56. The van der Waals surface area contributed by atoms with Crippen molar-refractivity contribution in [1.29, 1.82) is 0 Å². The zero-order valence-corrected chi connectivity index (χ0v) is 16.3. The number of furan rings is 1. The van der Waals surface area contributed by atoms with Crippen LogP contribution in [0, 0.1) is 18.7 Å². The van der Waals surface area contributed by atoms with Crippen LogP contribution in [0.3, 0.4) is 0 Å². The third-order valence-corrected chi connectivity index (χ3v) is 5.12. The van der Waals surface area contributed by atoms with Crippen LogP contribution < -0.4 is 10.6 Å². The molecule has 6 nitrogen and oxygen atoms in total. The Morgan fingerprint density at radius 2 is 2.00 bits per heavy atom. The van der Waals surface area contributed by atoms with E-state index in [2.05, 4.69) is 10.6 Å². The number of carbonyl (C=O) groups excluding carboxylic acids is 2. The van der Waals surface area contributed by atoms with Crippen molar-refractivity contribution in [3.63, 3.8) is 0 Å². The number of rotatable bonds is 4. The lowest BCUT2D eigenvalue weighted by atomic mass is 9.98. The average Bonchev–Trinajstić information content (AvgIpc) is 3.20. The number of amides is 2. The highest BCUT2D eigenvalue weighted by atomic mass is 19.1. The van der Waals surface area contributed by atoms with Crippen molar-refractivity contribution in [2.75, 3.05) is 5.32 Å². The van der Waals surface area contributed by atoms with Crippen molar-refractivity contribution >= 4 is 28.7 Å². The number of anilines is 1. The Hall–Kier alpha value is -3.35. The largest absolute Gasteiger partial charge is 0.459 e. The van der Waals surface area contributed by atoms with Crippen LogP contribution in [0.25, 0.3) is 11.0 Å². The van der Waals surface area contributed by atoms with Crippen LogP contribution >= 0.6 is 0 Å². The zero-order chi connectivity index (χ0) is 20.7. The molecule has 2 aromatic carbocycles. The number of nitrogens with one attached hydrogen (secondary N) is 2. The molecule has 0 bridgehead atoms. The van der Waals surface area contributed by atoms with E-state index in [9.17, 15) is 14.0 Å². The Bertz CT molecular complexity index is 1130. The van der Waals surface area contributed by atoms with Crippen molar-refractivity contribution in [3.05, 3.63) is 64.7 Å². The Morgan fingerprint density at radius 1 is 1.21 bits per heavy atom. The number of hydrogen-bond donors (Lipinski definition) is 2. The molecule has 0 unspecified atom stereocenters. The van der Waals surface area contributed by atoms with Gasteiger partial charge < -0.3 is 19.8 Å². The number of halogens is 1. The van der Waals surface area contributed by atoms with Gasteiger partial charge in [-0.1, -0.05) is 19.9 Å². The molecule has 0 radical (unpaired) electrons. The fourth-order valence-corrected chi connectivity index (χ4v) is 3.54. The fourth-order valence-electron chi connectivity index (χ4n) is 3.54. The molecule has 1 atom stereocenters. The Kier molecular flexibility index (Phi) is 4.74. The number of benzene rings is 2. The van der Waals surface area contributed by atoms with Crippen LogP contribution in [0.1, 0.15) is 50.0 Å². The van der Waals surface area contributed by atoms with Gasteiger partial charge in [0, 0.05) is 25.1 Å². The van der Waals surface area contributed by atoms with Gasteiger partial charge in [0.2, 0.25) is 0 Å². The number of esters is 1. The summed E-state index contributed by atoms with van der Waals surface area (Å²) in [5.74, 6) is -0.114. The van der Waals surface area contributed by atoms with Crippen LogP contribution in [0.5, 0.6) is 0 Å². The van der Waals surface area contributed by atoms with Crippen molar-refractivity contribution in [2.45, 2.75) is 33.4 Å². The third kappa shape index (κ3) is 3.55. The monoisotopic (exact) mass is 400 g/mol. The summed E-state index contributed by atoms with van der Waals surface area (Å²) in [6.07, 6.45) is 0. The summed E-state index contributed by atoms with van der Waals surface area (Å²) in [4.78, 5) is 24.3. The lowest BCUT2D eigenvalue weighted by molar-refractivity contribution is 0.0535. The molecular weight excluding hydrogens is 375 g/mol. The van der Waals surface area contributed by atoms with Gasteiger partial charge >= 0.3 is 12.0 Å². The van der Waals surface area contributed by atoms with Crippen molar-refractivity contribution in [1.82, 2.24) is 5.32 Å². The molecule has 2 heterocycles. The van der Waals surface area contributed by atoms with E-state index < -0.39 is 18.0 Å². The van der Waals surface area contributed by atoms with Gasteiger partial charge in [-0.2, -0.15) is 0 Å². The molecule has 4 rings (SSSR count). The summed E-state index contributed by atoms with van der Waals surface area (Å²) in [7, 11) is 0. The number of carbonyl (C=O) groups is 2. The predicted molar refractivity (Wildman–Crippen MR) is 110 cm³/mol. The van der Waals surface area contributed by atoms with E-state index in [1.165, 1.54) is 12.1 Å². The first-order valence-electron chi connectivity index (χ1n) is 9.39. The Labute approximate surface area is 170 Å². The lowest BCUT2D eigenvalue weighted by Crippen LogP contribution is -2.35. The van der Waals surface area contributed by atoms with E-state index in [1.807, 2.05) is 20.8 Å². The van der Waals surface area contributed by atoms with E-state index >= 15 is 0 Å². The van der Waals surface area contributed by atoms with Gasteiger partial charge in [-0.05, 0) is 43.2 Å². The number of urea groups is 1. The summed E-state index contributed by atoms with van der Waals surface area (Å²) in [5, 5.41) is 6.36. The van der Waals surface area contributed by atoms with E-state index in [0.717, 1.165) is 11.1 Å². The minimum atomic E-state index is -0.430. The van der Waals surface area contributed by atoms with Crippen molar-refractivity contribution < 1.29 is 26.0 Å². The first-order chi connectivity index (χ1) is 13.8. The maximum absolute atomic E-state index is 13.6. The first-order valence-corrected chi connectivity index (χ1v) is 9.39. The molecule has 2 N–H and O–H groups in total. The van der Waals surface area contributed by atoms with E-state index in [0.29, 0.717) is 28.0 Å². The SMILES string of the molecule is Cc1c([C@H](NC(=O)Nc2ccc3c(c2)C(=O)OC3)C(C)C)oc2ccc(F)cc12.[HH].[HH]. The van der Waals surface area contributed by atoms with Crippen LogP contribution in [-0.2, 0) is 11.3 Å². The summed E-state index contributed by atoms with van der Waals surface area (Å²) < 4.78 is 24.5. The number of fused-ring (bicyclic) bond motifs is 2. The Morgan fingerprint density at radius 3 is 2.76 bits per heavy atom. The molecule has 3 aromatic rings. The molecule has 154 valence electrons. The highest BCUT2D eigenvalue weighted by Crippen LogP contribution is 2.33. The van der Waals surface area contributed by atoms with Gasteiger partial charge in [-0.15, -0.1) is 0 Å². The van der Waals surface area contributed by atoms with Gasteiger partial charge in [0.15, 0.2) is 0 Å². The number of aryl methyl sites for hydroxylation is 1. The van der Waals surface area contributed by atoms with Gasteiger partial charge in [-0.25, -0.2) is 14.0 Å². The summed E-state index contributed by atoms with van der Waals surface area (Å²) in [5.41, 5.74) is 3.11. The zero-order valence-electron chi connectivity index (χ0n) is 16.3. The molecule has 0 spiro atoms. The molecule has 1 aliphatic rings. The smallest absolute Gasteiger partial charge is 0.338 e. The molecule has 0 aliphatic carbocycles. The molecule has 0 saturated heterocycles. The van der Waals surface area contributed by atoms with Crippen LogP contribution in [0.4, 0.5) is 14.9 Å². The van der Waals surface area contributed by atoms with Crippen molar-refractivity contribution in [3.8, 4) is 0 Å². The minimum absolute atomic E-state index is 0. The standard InChI is InChI=1S/C22H21FN2O4.2H2/c1-11(2)19(20-12(3)16-8-14(23)5-7-18(16)29-20)25-22(27)24-15-6-4-13-10-28-21(26)17(13)9-15;;/h4-9,11,19H,10H2,1-3H3,(H2,24,25,27);2*1H/t19-;;/m1../s1. The Balaban J connectivity index is 0.00000171. The van der Waals surface area contributed by atoms with Gasteiger partial charge in [0.25, 0.3) is 0 Å². The maximum atomic E-state index is 13.6. The molecular formula is C22H25FN2O4. The molecule has 1 aromatic heterocycles. The topological polar surface area (TPSA) is 80.6 Å². The number of cyclic esters (lactones) is 1. The summed E-state index contributed by atoms with van der Waals surface area (Å²) in [6.45, 7) is 6.02. The van der Waals surface area contributed by atoms with E-state index in [-0.39, 0.29) is 21.2 Å². The molecule has 2 amide bonds. The van der Waals surface area contributed by atoms with Gasteiger partial charge in [0.1, 0.15) is 23.8 Å². The third-order valence-electron chi connectivity index (χ3n) is 5.12. The van der Waals surface area contributed by atoms with E-state index in [1.54, 1.807) is 24.3 Å². The van der Waals surface area contributed by atoms with Crippen LogP contribution in [0.2, 0.25) is 0 Å². The fraction of sp³-hybridized carbons (Fsp3) is 0.273. The molecule has 1 aliphatic heterocycles. The highest BCUT2D eigenvalue weighted by molar-refractivity contribution is 5.96. The van der Waals surface area contributed by atoms with Crippen LogP contribution in [0.15, 0.2) is 40.8 Å². The van der Waals surface area contributed by atoms with E-state index in [4.69, 9.17) is 9.15 Å². The molecule has 0 fully saturated rings. The maximum Gasteiger partial charge on any atom is 0.338 e. The molecule has 29 heavy (non-hydrogen) atoms. The average molecular weight is 400 g/mol. The number of hydrogen-bond acceptors (Lipinski definition) is 4. The second-order valence-electron chi connectivity index (χ2n) is 7.50. The van der Waals surface area contributed by atoms with Gasteiger partial charge in [0.05, 0.1) is 11.6 Å². The van der Waals surface area contributed by atoms with Gasteiger partial charge in [-0.3, -0.25) is 0 Å². The highest BCUT2D eigenvalue weighted by Gasteiger charge is 2.26. The molecule has 0 saturated carbocycles. The minimum Gasteiger partial charge on any atom is -0.459 e. The summed E-state index contributed by atoms with van der Waals surface area (Å²) >= 11 is 0. The quantitative estimate of drug-likeness (QED) is 0.562. The second-order valence-corrected chi connectivity index (χ2v) is 7.50. The second kappa shape index (κ2) is 7.24. The molecule has 7 heteroatoms.